The van der Waals surface area contributed by atoms with Crippen molar-refractivity contribution in [3.8, 4) is 0 Å². The van der Waals surface area contributed by atoms with Gasteiger partial charge in [-0.15, -0.1) is 11.8 Å². The summed E-state index contributed by atoms with van der Waals surface area (Å²) < 4.78 is 0. The second-order valence-electron chi connectivity index (χ2n) is 4.11. The predicted octanol–water partition coefficient (Wildman–Crippen LogP) is 2.71. The largest absolute Gasteiger partial charge is 0.318 e. The topological polar surface area (TPSA) is 15.3 Å². The quantitative estimate of drug-likeness (QED) is 0.680. The molecule has 0 aliphatic carbocycles. The van der Waals surface area contributed by atoms with Crippen LogP contribution in [0.3, 0.4) is 0 Å². The van der Waals surface area contributed by atoms with E-state index in [-0.39, 0.29) is 0 Å². The van der Waals surface area contributed by atoms with Crippen LogP contribution in [0.1, 0.15) is 13.3 Å². The highest BCUT2D eigenvalue weighted by Gasteiger charge is 2.02. The predicted molar refractivity (Wildman–Crippen MR) is 77.8 cm³/mol. The first kappa shape index (κ1) is 14.6. The molecule has 17 heavy (non-hydrogen) atoms. The SMILES string of the molecule is CCCN(CCNC)CCSc1ccccc1. The molecule has 0 heterocycles. The Bertz CT molecular complexity index is 277. The molecule has 1 aromatic carbocycles. The minimum absolute atomic E-state index is 1.08. The Balaban J connectivity index is 2.22. The van der Waals surface area contributed by atoms with Crippen LogP contribution in [-0.2, 0) is 0 Å². The zero-order valence-electron chi connectivity index (χ0n) is 11.0. The molecular weight excluding hydrogens is 228 g/mol. The summed E-state index contributed by atoms with van der Waals surface area (Å²) in [4.78, 5) is 3.91. The first-order valence-electron chi connectivity index (χ1n) is 6.41. The number of rotatable bonds is 9. The van der Waals surface area contributed by atoms with E-state index in [2.05, 4.69) is 47.5 Å². The van der Waals surface area contributed by atoms with Crippen molar-refractivity contribution in [1.29, 1.82) is 0 Å². The number of likely N-dealkylation sites (N-methyl/N-ethyl adjacent to an activating group) is 1. The summed E-state index contributed by atoms with van der Waals surface area (Å²) in [6.45, 7) is 6.86. The first-order chi connectivity index (χ1) is 8.36. The van der Waals surface area contributed by atoms with E-state index < -0.39 is 0 Å². The van der Waals surface area contributed by atoms with Gasteiger partial charge in [-0.3, -0.25) is 0 Å². The number of benzene rings is 1. The molecule has 0 amide bonds. The van der Waals surface area contributed by atoms with Crippen molar-refractivity contribution in [3.63, 3.8) is 0 Å². The van der Waals surface area contributed by atoms with Crippen molar-refractivity contribution in [1.82, 2.24) is 10.2 Å². The van der Waals surface area contributed by atoms with E-state index in [0.717, 1.165) is 13.1 Å². The molecule has 0 saturated carbocycles. The van der Waals surface area contributed by atoms with Gasteiger partial charge in [0.25, 0.3) is 0 Å². The molecule has 2 nitrogen and oxygen atoms in total. The number of hydrogen-bond donors (Lipinski definition) is 1. The van der Waals surface area contributed by atoms with Crippen LogP contribution in [0.15, 0.2) is 35.2 Å². The highest BCUT2D eigenvalue weighted by Crippen LogP contribution is 2.16. The van der Waals surface area contributed by atoms with Crippen molar-refractivity contribution in [2.75, 3.05) is 39.0 Å². The van der Waals surface area contributed by atoms with Crippen LogP contribution in [0.4, 0.5) is 0 Å². The normalized spacial score (nSPS) is 11.0. The Morgan fingerprint density at radius 1 is 1.12 bits per heavy atom. The Morgan fingerprint density at radius 3 is 2.53 bits per heavy atom. The maximum Gasteiger partial charge on any atom is 0.0108 e. The van der Waals surface area contributed by atoms with Gasteiger partial charge >= 0.3 is 0 Å². The standard InChI is InChI=1S/C14H24N2S/c1-3-10-16(11-9-15-2)12-13-17-14-7-5-4-6-8-14/h4-8,15H,3,9-13H2,1-2H3. The van der Waals surface area contributed by atoms with Gasteiger partial charge in [0.2, 0.25) is 0 Å². The van der Waals surface area contributed by atoms with Crippen LogP contribution >= 0.6 is 11.8 Å². The molecule has 96 valence electrons. The second-order valence-corrected chi connectivity index (χ2v) is 5.28. The summed E-state index contributed by atoms with van der Waals surface area (Å²) >= 11 is 1.95. The molecule has 0 aliphatic rings. The summed E-state index contributed by atoms with van der Waals surface area (Å²) in [5, 5.41) is 3.22. The maximum absolute atomic E-state index is 3.22. The third kappa shape index (κ3) is 6.71. The minimum atomic E-state index is 1.08. The third-order valence-electron chi connectivity index (χ3n) is 2.64. The lowest BCUT2D eigenvalue weighted by Gasteiger charge is -2.21. The fraction of sp³-hybridized carbons (Fsp3) is 0.571. The van der Waals surface area contributed by atoms with Gasteiger partial charge in [0.05, 0.1) is 0 Å². The lowest BCUT2D eigenvalue weighted by Crippen LogP contribution is -2.33. The van der Waals surface area contributed by atoms with Gasteiger partial charge in [-0.2, -0.15) is 0 Å². The van der Waals surface area contributed by atoms with E-state index in [9.17, 15) is 0 Å². The van der Waals surface area contributed by atoms with Gasteiger partial charge in [0.15, 0.2) is 0 Å². The average Bonchev–Trinajstić information content (AvgIpc) is 2.37. The monoisotopic (exact) mass is 252 g/mol. The molecule has 0 bridgehead atoms. The summed E-state index contributed by atoms with van der Waals surface area (Å²) in [5.41, 5.74) is 0. The van der Waals surface area contributed by atoms with Crippen LogP contribution in [0.2, 0.25) is 0 Å². The summed E-state index contributed by atoms with van der Waals surface area (Å²) in [6, 6.07) is 10.6. The van der Waals surface area contributed by atoms with Crippen LogP contribution in [0.5, 0.6) is 0 Å². The van der Waals surface area contributed by atoms with Gasteiger partial charge < -0.3 is 10.2 Å². The summed E-state index contributed by atoms with van der Waals surface area (Å²) in [7, 11) is 2.02. The van der Waals surface area contributed by atoms with Gasteiger partial charge in [0, 0.05) is 30.3 Å². The van der Waals surface area contributed by atoms with E-state index in [1.807, 2.05) is 18.8 Å². The highest BCUT2D eigenvalue weighted by atomic mass is 32.2. The Morgan fingerprint density at radius 2 is 1.88 bits per heavy atom. The molecule has 1 N–H and O–H groups in total. The molecule has 0 fully saturated rings. The van der Waals surface area contributed by atoms with Crippen molar-refractivity contribution in [3.05, 3.63) is 30.3 Å². The van der Waals surface area contributed by atoms with Gasteiger partial charge in [0.1, 0.15) is 0 Å². The van der Waals surface area contributed by atoms with E-state index in [1.165, 1.54) is 30.2 Å². The van der Waals surface area contributed by atoms with Crippen molar-refractivity contribution in [2.24, 2.45) is 0 Å². The smallest absolute Gasteiger partial charge is 0.0108 e. The van der Waals surface area contributed by atoms with Crippen LogP contribution in [-0.4, -0.2) is 43.9 Å². The zero-order valence-corrected chi connectivity index (χ0v) is 11.8. The number of nitrogens with one attached hydrogen (secondary N) is 1. The summed E-state index contributed by atoms with van der Waals surface area (Å²) in [5.74, 6) is 1.17. The number of hydrogen-bond acceptors (Lipinski definition) is 3. The van der Waals surface area contributed by atoms with Crippen molar-refractivity contribution < 1.29 is 0 Å². The zero-order chi connectivity index (χ0) is 12.3. The van der Waals surface area contributed by atoms with E-state index in [0.29, 0.717) is 0 Å². The number of thioether (sulfide) groups is 1. The molecule has 0 unspecified atom stereocenters. The molecule has 0 atom stereocenters. The molecule has 3 heteroatoms. The highest BCUT2D eigenvalue weighted by molar-refractivity contribution is 7.99. The molecule has 0 aliphatic heterocycles. The van der Waals surface area contributed by atoms with Crippen molar-refractivity contribution >= 4 is 11.8 Å². The van der Waals surface area contributed by atoms with Crippen LogP contribution in [0, 0.1) is 0 Å². The molecule has 0 spiro atoms. The lowest BCUT2D eigenvalue weighted by molar-refractivity contribution is 0.293. The van der Waals surface area contributed by atoms with Gasteiger partial charge in [-0.25, -0.2) is 0 Å². The Hall–Kier alpha value is -0.510. The van der Waals surface area contributed by atoms with Crippen molar-refractivity contribution in [2.45, 2.75) is 18.2 Å². The maximum atomic E-state index is 3.22. The average molecular weight is 252 g/mol. The van der Waals surface area contributed by atoms with E-state index >= 15 is 0 Å². The van der Waals surface area contributed by atoms with Crippen LogP contribution < -0.4 is 5.32 Å². The van der Waals surface area contributed by atoms with Gasteiger partial charge in [-0.05, 0) is 32.1 Å². The van der Waals surface area contributed by atoms with Crippen LogP contribution in [0.25, 0.3) is 0 Å². The second kappa shape index (κ2) is 9.51. The Labute approximate surface area is 110 Å². The molecular formula is C14H24N2S. The molecule has 0 saturated heterocycles. The number of nitrogens with zero attached hydrogens (tertiary/aromatic N) is 1. The first-order valence-corrected chi connectivity index (χ1v) is 7.40. The van der Waals surface area contributed by atoms with E-state index in [4.69, 9.17) is 0 Å². The third-order valence-corrected chi connectivity index (χ3v) is 3.63. The van der Waals surface area contributed by atoms with Gasteiger partial charge in [-0.1, -0.05) is 25.1 Å². The summed E-state index contributed by atoms with van der Waals surface area (Å²) in [6.07, 6.45) is 1.24. The molecule has 0 radical (unpaired) electrons. The molecule has 1 aromatic rings. The minimum Gasteiger partial charge on any atom is -0.318 e. The lowest BCUT2D eigenvalue weighted by atomic mass is 10.4. The fourth-order valence-corrected chi connectivity index (χ4v) is 2.67. The molecule has 0 aromatic heterocycles. The molecule has 1 rings (SSSR count). The Kier molecular flexibility index (Phi) is 8.14. The van der Waals surface area contributed by atoms with E-state index in [1.54, 1.807) is 0 Å². The fourth-order valence-electron chi connectivity index (χ4n) is 1.73.